The van der Waals surface area contributed by atoms with Crippen molar-refractivity contribution in [1.82, 2.24) is 9.21 Å². The van der Waals surface area contributed by atoms with Crippen LogP contribution < -0.4 is 4.90 Å². The predicted octanol–water partition coefficient (Wildman–Crippen LogP) is 1.29. The van der Waals surface area contributed by atoms with E-state index in [1.807, 2.05) is 4.90 Å². The first-order chi connectivity index (χ1) is 11.9. The van der Waals surface area contributed by atoms with Crippen LogP contribution in [0.15, 0.2) is 24.3 Å². The Balaban J connectivity index is 1.66. The Morgan fingerprint density at radius 1 is 1.08 bits per heavy atom. The molecule has 0 radical (unpaired) electrons. The van der Waals surface area contributed by atoms with Gasteiger partial charge in [0.15, 0.2) is 0 Å². The highest BCUT2D eigenvalue weighted by molar-refractivity contribution is 7.88. The first-order valence-electron chi connectivity index (χ1n) is 8.63. The summed E-state index contributed by atoms with van der Waals surface area (Å²) in [5.74, 6) is -0.392. The average Bonchev–Trinajstić information content (AvgIpc) is 2.61. The van der Waals surface area contributed by atoms with Crippen molar-refractivity contribution in [3.63, 3.8) is 0 Å². The number of carbonyl (C=O) groups excluding carboxylic acids is 1. The van der Waals surface area contributed by atoms with Gasteiger partial charge in [-0.25, -0.2) is 12.8 Å². The van der Waals surface area contributed by atoms with Gasteiger partial charge in [-0.05, 0) is 25.0 Å². The van der Waals surface area contributed by atoms with E-state index < -0.39 is 16.1 Å². The fourth-order valence-corrected chi connectivity index (χ4v) is 4.75. The van der Waals surface area contributed by atoms with E-state index in [4.69, 9.17) is 0 Å². The molecule has 138 valence electrons. The van der Waals surface area contributed by atoms with Gasteiger partial charge in [-0.1, -0.05) is 18.6 Å². The van der Waals surface area contributed by atoms with Crippen molar-refractivity contribution in [2.75, 3.05) is 43.9 Å². The van der Waals surface area contributed by atoms with Crippen molar-refractivity contribution in [1.29, 1.82) is 0 Å². The molecule has 2 heterocycles. The maximum atomic E-state index is 13.9. The highest BCUT2D eigenvalue weighted by atomic mass is 32.2. The highest BCUT2D eigenvalue weighted by Crippen LogP contribution is 2.24. The van der Waals surface area contributed by atoms with Gasteiger partial charge < -0.3 is 9.80 Å². The summed E-state index contributed by atoms with van der Waals surface area (Å²) in [5.41, 5.74) is 0.546. The molecule has 2 saturated heterocycles. The Hall–Kier alpha value is -1.67. The number of piperazine rings is 1. The van der Waals surface area contributed by atoms with Gasteiger partial charge in [0.2, 0.25) is 15.9 Å². The number of amides is 1. The summed E-state index contributed by atoms with van der Waals surface area (Å²) in [6.07, 6.45) is 3.38. The molecule has 1 amide bonds. The third-order valence-corrected chi connectivity index (χ3v) is 6.24. The second kappa shape index (κ2) is 7.29. The molecule has 2 aliphatic heterocycles. The molecule has 0 saturated carbocycles. The first-order valence-corrected chi connectivity index (χ1v) is 10.5. The van der Waals surface area contributed by atoms with E-state index in [2.05, 4.69) is 0 Å². The summed E-state index contributed by atoms with van der Waals surface area (Å²) < 4.78 is 39.2. The minimum atomic E-state index is -3.39. The fourth-order valence-electron chi connectivity index (χ4n) is 3.64. The fraction of sp³-hybridized carbons (Fsp3) is 0.588. The highest BCUT2D eigenvalue weighted by Gasteiger charge is 2.37. The number of nitrogens with zero attached hydrogens (tertiary/aromatic N) is 3. The topological polar surface area (TPSA) is 60.9 Å². The minimum Gasteiger partial charge on any atom is -0.366 e. The molecule has 0 bridgehead atoms. The summed E-state index contributed by atoms with van der Waals surface area (Å²) in [6.45, 7) is 2.43. The summed E-state index contributed by atoms with van der Waals surface area (Å²) >= 11 is 0. The zero-order chi connectivity index (χ0) is 18.0. The van der Waals surface area contributed by atoms with Crippen molar-refractivity contribution in [3.05, 3.63) is 30.1 Å². The number of sulfonamides is 1. The molecular formula is C17H24FN3O3S. The second-order valence-electron chi connectivity index (χ2n) is 6.65. The zero-order valence-corrected chi connectivity index (χ0v) is 15.2. The monoisotopic (exact) mass is 369 g/mol. The maximum Gasteiger partial charge on any atom is 0.241 e. The van der Waals surface area contributed by atoms with Crippen LogP contribution in [0.4, 0.5) is 10.1 Å². The number of benzene rings is 1. The van der Waals surface area contributed by atoms with E-state index in [1.165, 1.54) is 10.4 Å². The van der Waals surface area contributed by atoms with Gasteiger partial charge in [0, 0.05) is 32.7 Å². The molecule has 1 aromatic rings. The second-order valence-corrected chi connectivity index (χ2v) is 8.58. The number of carbonyl (C=O) groups is 1. The van der Waals surface area contributed by atoms with Crippen molar-refractivity contribution in [2.45, 2.75) is 25.3 Å². The van der Waals surface area contributed by atoms with E-state index in [-0.39, 0.29) is 11.7 Å². The zero-order valence-electron chi connectivity index (χ0n) is 14.4. The Labute approximate surface area is 148 Å². The van der Waals surface area contributed by atoms with Crippen LogP contribution in [-0.4, -0.2) is 68.6 Å². The van der Waals surface area contributed by atoms with Crippen LogP contribution in [0, 0.1) is 5.82 Å². The van der Waals surface area contributed by atoms with Gasteiger partial charge >= 0.3 is 0 Å². The summed E-state index contributed by atoms with van der Waals surface area (Å²) in [5, 5.41) is 0. The lowest BCUT2D eigenvalue weighted by Gasteiger charge is -2.40. The predicted molar refractivity (Wildman–Crippen MR) is 94.4 cm³/mol. The first kappa shape index (κ1) is 18.1. The van der Waals surface area contributed by atoms with Crippen LogP contribution in [0.25, 0.3) is 0 Å². The molecule has 2 fully saturated rings. The lowest BCUT2D eigenvalue weighted by Crippen LogP contribution is -2.57. The molecule has 8 heteroatoms. The van der Waals surface area contributed by atoms with E-state index in [0.29, 0.717) is 44.8 Å². The number of rotatable bonds is 3. The summed E-state index contributed by atoms with van der Waals surface area (Å²) in [4.78, 5) is 16.5. The van der Waals surface area contributed by atoms with Gasteiger partial charge in [-0.3, -0.25) is 4.79 Å². The number of hydrogen-bond acceptors (Lipinski definition) is 4. The number of halogens is 1. The molecule has 2 aliphatic rings. The third-order valence-electron chi connectivity index (χ3n) is 4.95. The van der Waals surface area contributed by atoms with Crippen molar-refractivity contribution < 1.29 is 17.6 Å². The summed E-state index contributed by atoms with van der Waals surface area (Å²) in [7, 11) is -3.39. The quantitative estimate of drug-likeness (QED) is 0.806. The number of piperidine rings is 1. The van der Waals surface area contributed by atoms with E-state index >= 15 is 0 Å². The third kappa shape index (κ3) is 3.95. The Kier molecular flexibility index (Phi) is 5.29. The molecule has 0 N–H and O–H groups in total. The van der Waals surface area contributed by atoms with E-state index in [9.17, 15) is 17.6 Å². The Morgan fingerprint density at radius 3 is 2.40 bits per heavy atom. The van der Waals surface area contributed by atoms with Crippen LogP contribution in [0.5, 0.6) is 0 Å². The van der Waals surface area contributed by atoms with Crippen molar-refractivity contribution >= 4 is 21.6 Å². The number of para-hydroxylation sites is 1. The van der Waals surface area contributed by atoms with E-state index in [0.717, 1.165) is 19.1 Å². The molecular weight excluding hydrogens is 345 g/mol. The molecule has 1 aromatic carbocycles. The molecule has 0 aliphatic carbocycles. The SMILES string of the molecule is CS(=O)(=O)N1CCCC[C@H]1C(=O)N1CCN(c2ccccc2F)CC1. The largest absolute Gasteiger partial charge is 0.366 e. The molecule has 0 aromatic heterocycles. The molecule has 0 spiro atoms. The van der Waals surface area contributed by atoms with Crippen molar-refractivity contribution in [3.8, 4) is 0 Å². The van der Waals surface area contributed by atoms with Gasteiger partial charge in [-0.15, -0.1) is 0 Å². The normalized spacial score (nSPS) is 22.9. The van der Waals surface area contributed by atoms with Crippen LogP contribution >= 0.6 is 0 Å². The minimum absolute atomic E-state index is 0.127. The Bertz CT molecular complexity index is 732. The van der Waals surface area contributed by atoms with Gasteiger partial charge in [-0.2, -0.15) is 4.31 Å². The summed E-state index contributed by atoms with van der Waals surface area (Å²) in [6, 6.07) is 6.02. The smallest absolute Gasteiger partial charge is 0.241 e. The number of hydrogen-bond donors (Lipinski definition) is 0. The molecule has 3 rings (SSSR count). The molecule has 0 unspecified atom stereocenters. The van der Waals surface area contributed by atoms with Gasteiger partial charge in [0.05, 0.1) is 11.9 Å². The Morgan fingerprint density at radius 2 is 1.76 bits per heavy atom. The van der Waals surface area contributed by atoms with Crippen LogP contribution in [0.2, 0.25) is 0 Å². The lowest BCUT2D eigenvalue weighted by molar-refractivity contribution is -0.136. The van der Waals surface area contributed by atoms with Crippen LogP contribution in [0.1, 0.15) is 19.3 Å². The van der Waals surface area contributed by atoms with Crippen LogP contribution in [0.3, 0.4) is 0 Å². The number of anilines is 1. The van der Waals surface area contributed by atoms with Crippen molar-refractivity contribution in [2.24, 2.45) is 0 Å². The average molecular weight is 369 g/mol. The lowest BCUT2D eigenvalue weighted by atomic mass is 10.0. The van der Waals surface area contributed by atoms with E-state index in [1.54, 1.807) is 23.1 Å². The van der Waals surface area contributed by atoms with Crippen LogP contribution in [-0.2, 0) is 14.8 Å². The maximum absolute atomic E-state index is 13.9. The van der Waals surface area contributed by atoms with Gasteiger partial charge in [0.1, 0.15) is 11.9 Å². The molecule has 6 nitrogen and oxygen atoms in total. The molecule has 25 heavy (non-hydrogen) atoms. The molecule has 1 atom stereocenters. The standard InChI is InChI=1S/C17H24FN3O3S/c1-25(23,24)21-9-5-4-8-16(21)17(22)20-12-10-19(11-13-20)15-7-3-2-6-14(15)18/h2-3,6-7,16H,4-5,8-13H2,1H3/t16-/m0/s1. The van der Waals surface area contributed by atoms with Gasteiger partial charge in [0.25, 0.3) is 0 Å².